The number of ether oxygens (including phenoxy) is 2. The number of nitrogens with zero attached hydrogens (tertiary/aromatic N) is 1. The van der Waals surface area contributed by atoms with E-state index in [2.05, 4.69) is 5.32 Å². The SMILES string of the molecule is C[C@H]1CN(C(=O)OC(C)(C)C)[C@@H](c2ccccc2)[C@]2(C(=O)Nc3ccccc32)[C@@H]1C(=O)OC(C)(C)C. The number of hydrogen-bond acceptors (Lipinski definition) is 5. The number of hydrogen-bond donors (Lipinski definition) is 1. The van der Waals surface area contributed by atoms with Gasteiger partial charge in [-0.3, -0.25) is 14.5 Å². The second-order valence-electron chi connectivity index (χ2n) is 11.8. The van der Waals surface area contributed by atoms with Crippen LogP contribution in [-0.4, -0.2) is 40.6 Å². The van der Waals surface area contributed by atoms with Gasteiger partial charge in [0.25, 0.3) is 0 Å². The topological polar surface area (TPSA) is 84.9 Å². The predicted molar refractivity (Wildman–Crippen MR) is 137 cm³/mol. The lowest BCUT2D eigenvalue weighted by molar-refractivity contribution is -0.173. The van der Waals surface area contributed by atoms with E-state index in [0.717, 1.165) is 5.56 Å². The van der Waals surface area contributed by atoms with E-state index in [0.29, 0.717) is 11.3 Å². The summed E-state index contributed by atoms with van der Waals surface area (Å²) < 4.78 is 11.7. The number of anilines is 1. The fraction of sp³-hybridized carbons (Fsp3) is 0.483. The van der Waals surface area contributed by atoms with E-state index in [1.54, 1.807) is 4.90 Å². The Bertz CT molecular complexity index is 1160. The molecule has 0 aromatic heterocycles. The number of fused-ring (bicyclic) bond motifs is 2. The molecule has 2 aromatic rings. The van der Waals surface area contributed by atoms with Crippen molar-refractivity contribution in [1.29, 1.82) is 0 Å². The molecule has 0 radical (unpaired) electrons. The monoisotopic (exact) mass is 492 g/mol. The number of benzene rings is 2. The fourth-order valence-corrected chi connectivity index (χ4v) is 5.63. The number of para-hydroxylation sites is 1. The van der Waals surface area contributed by atoms with Crippen LogP contribution in [0.2, 0.25) is 0 Å². The third kappa shape index (κ3) is 4.47. The molecule has 192 valence electrons. The lowest BCUT2D eigenvalue weighted by atomic mass is 9.58. The largest absolute Gasteiger partial charge is 0.460 e. The Balaban J connectivity index is 2.00. The second-order valence-corrected chi connectivity index (χ2v) is 11.8. The molecule has 1 saturated heterocycles. The number of esters is 1. The van der Waals surface area contributed by atoms with Gasteiger partial charge in [0.2, 0.25) is 5.91 Å². The number of amides is 2. The van der Waals surface area contributed by atoms with Crippen LogP contribution in [-0.2, 0) is 24.5 Å². The number of carbonyl (C=O) groups is 3. The Morgan fingerprint density at radius 3 is 2.11 bits per heavy atom. The van der Waals surface area contributed by atoms with Crippen LogP contribution in [0.25, 0.3) is 0 Å². The van der Waals surface area contributed by atoms with Crippen molar-refractivity contribution in [2.75, 3.05) is 11.9 Å². The minimum atomic E-state index is -1.41. The van der Waals surface area contributed by atoms with Crippen LogP contribution in [0.5, 0.6) is 0 Å². The summed E-state index contributed by atoms with van der Waals surface area (Å²) >= 11 is 0. The van der Waals surface area contributed by atoms with Crippen molar-refractivity contribution >= 4 is 23.7 Å². The Labute approximate surface area is 213 Å². The molecule has 1 N–H and O–H groups in total. The molecular formula is C29H36N2O5. The van der Waals surface area contributed by atoms with Crippen LogP contribution >= 0.6 is 0 Å². The highest BCUT2D eigenvalue weighted by molar-refractivity contribution is 6.10. The van der Waals surface area contributed by atoms with Crippen molar-refractivity contribution in [3.8, 4) is 0 Å². The average Bonchev–Trinajstić information content (AvgIpc) is 3.03. The van der Waals surface area contributed by atoms with Crippen molar-refractivity contribution in [3.05, 3.63) is 65.7 Å². The van der Waals surface area contributed by atoms with E-state index in [9.17, 15) is 14.4 Å². The Kier molecular flexibility index (Phi) is 6.40. The highest BCUT2D eigenvalue weighted by Gasteiger charge is 2.66. The van der Waals surface area contributed by atoms with Gasteiger partial charge in [0.1, 0.15) is 16.6 Å². The fourth-order valence-electron chi connectivity index (χ4n) is 5.63. The highest BCUT2D eigenvalue weighted by Crippen LogP contribution is 2.58. The molecule has 0 unspecified atom stereocenters. The van der Waals surface area contributed by atoms with Gasteiger partial charge >= 0.3 is 12.1 Å². The molecule has 2 amide bonds. The van der Waals surface area contributed by atoms with Gasteiger partial charge in [-0.05, 0) is 64.7 Å². The van der Waals surface area contributed by atoms with Gasteiger partial charge in [-0.2, -0.15) is 0 Å². The van der Waals surface area contributed by atoms with Crippen molar-refractivity contribution in [2.24, 2.45) is 11.8 Å². The number of likely N-dealkylation sites (tertiary alicyclic amines) is 1. The molecule has 1 fully saturated rings. The number of piperidine rings is 1. The van der Waals surface area contributed by atoms with Crippen molar-refractivity contribution < 1.29 is 23.9 Å². The van der Waals surface area contributed by atoms with Gasteiger partial charge in [-0.15, -0.1) is 0 Å². The smallest absolute Gasteiger partial charge is 0.410 e. The summed E-state index contributed by atoms with van der Waals surface area (Å²) in [5, 5.41) is 3.01. The molecule has 2 aliphatic heterocycles. The van der Waals surface area contributed by atoms with Gasteiger partial charge in [0.15, 0.2) is 0 Å². The Hall–Kier alpha value is -3.35. The van der Waals surface area contributed by atoms with Gasteiger partial charge in [-0.1, -0.05) is 55.5 Å². The maximum Gasteiger partial charge on any atom is 0.410 e. The highest BCUT2D eigenvalue weighted by atomic mass is 16.6. The van der Waals surface area contributed by atoms with Crippen LogP contribution in [0.4, 0.5) is 10.5 Å². The maximum atomic E-state index is 14.2. The van der Waals surface area contributed by atoms with Gasteiger partial charge in [-0.25, -0.2) is 4.79 Å². The molecule has 36 heavy (non-hydrogen) atoms. The zero-order chi connectivity index (χ0) is 26.5. The van der Waals surface area contributed by atoms with Gasteiger partial charge < -0.3 is 14.8 Å². The van der Waals surface area contributed by atoms with E-state index < -0.39 is 40.6 Å². The molecule has 7 heteroatoms. The second kappa shape index (κ2) is 8.95. The normalized spacial score (nSPS) is 25.8. The summed E-state index contributed by atoms with van der Waals surface area (Å²) in [4.78, 5) is 43.3. The van der Waals surface area contributed by atoms with Crippen LogP contribution in [0.1, 0.15) is 65.6 Å². The minimum Gasteiger partial charge on any atom is -0.460 e. The first-order valence-corrected chi connectivity index (χ1v) is 12.4. The van der Waals surface area contributed by atoms with E-state index in [4.69, 9.17) is 9.47 Å². The molecule has 2 aromatic carbocycles. The standard InChI is InChI=1S/C29H36N2O5/c1-18-17-31(26(34)36-28(5,6)7)23(19-13-9-8-10-14-19)29(22(18)24(32)35-27(2,3)4)20-15-11-12-16-21(20)30-25(29)33/h8-16,18,22-23H,17H2,1-7H3,(H,30,33)/t18-,22-,23-,29+/m0/s1. The van der Waals surface area contributed by atoms with Crippen molar-refractivity contribution in [1.82, 2.24) is 4.90 Å². The van der Waals surface area contributed by atoms with E-state index in [1.165, 1.54) is 0 Å². The maximum absolute atomic E-state index is 14.2. The summed E-state index contributed by atoms with van der Waals surface area (Å²) in [5.41, 5.74) is -0.816. The Morgan fingerprint density at radius 2 is 1.50 bits per heavy atom. The van der Waals surface area contributed by atoms with Gasteiger partial charge in [0.05, 0.1) is 12.0 Å². The molecule has 2 heterocycles. The summed E-state index contributed by atoms with van der Waals surface area (Å²) in [7, 11) is 0. The third-order valence-electron chi connectivity index (χ3n) is 6.69. The average molecular weight is 493 g/mol. The summed E-state index contributed by atoms with van der Waals surface area (Å²) in [5.74, 6) is -1.99. The lowest BCUT2D eigenvalue weighted by Crippen LogP contribution is -2.64. The van der Waals surface area contributed by atoms with Crippen LogP contribution in [0.15, 0.2) is 54.6 Å². The van der Waals surface area contributed by atoms with Crippen molar-refractivity contribution in [3.63, 3.8) is 0 Å². The Morgan fingerprint density at radius 1 is 0.917 bits per heavy atom. The first kappa shape index (κ1) is 25.7. The summed E-state index contributed by atoms with van der Waals surface area (Å²) in [6.07, 6.45) is -0.526. The van der Waals surface area contributed by atoms with Gasteiger partial charge in [0, 0.05) is 12.2 Å². The van der Waals surface area contributed by atoms with Crippen LogP contribution in [0, 0.1) is 11.8 Å². The zero-order valence-electron chi connectivity index (χ0n) is 22.1. The number of carbonyl (C=O) groups excluding carboxylic acids is 3. The van der Waals surface area contributed by atoms with Crippen molar-refractivity contribution in [2.45, 2.75) is 71.1 Å². The molecular weight excluding hydrogens is 456 g/mol. The van der Waals surface area contributed by atoms with Crippen LogP contribution < -0.4 is 5.32 Å². The molecule has 4 rings (SSSR count). The molecule has 1 spiro atoms. The number of rotatable bonds is 2. The van der Waals surface area contributed by atoms with E-state index in [1.807, 2.05) is 103 Å². The third-order valence-corrected chi connectivity index (χ3v) is 6.69. The molecule has 0 bridgehead atoms. The molecule has 2 aliphatic rings. The first-order valence-electron chi connectivity index (χ1n) is 12.4. The molecule has 7 nitrogen and oxygen atoms in total. The summed E-state index contributed by atoms with van der Waals surface area (Å²) in [6, 6.07) is 16.0. The zero-order valence-corrected chi connectivity index (χ0v) is 22.1. The minimum absolute atomic E-state index is 0.232. The molecule has 0 saturated carbocycles. The quantitative estimate of drug-likeness (QED) is 0.563. The van der Waals surface area contributed by atoms with Crippen LogP contribution in [0.3, 0.4) is 0 Å². The number of nitrogens with one attached hydrogen (secondary N) is 1. The predicted octanol–water partition coefficient (Wildman–Crippen LogP) is 5.46. The summed E-state index contributed by atoms with van der Waals surface area (Å²) in [6.45, 7) is 13.0. The lowest BCUT2D eigenvalue weighted by Gasteiger charge is -2.53. The first-order chi connectivity index (χ1) is 16.8. The van der Waals surface area contributed by atoms with E-state index >= 15 is 0 Å². The molecule has 4 atom stereocenters. The van der Waals surface area contributed by atoms with E-state index in [-0.39, 0.29) is 18.4 Å². The molecule has 0 aliphatic carbocycles.